The lowest BCUT2D eigenvalue weighted by Gasteiger charge is -2.43. The van der Waals surface area contributed by atoms with Crippen LogP contribution in [-0.4, -0.2) is 64.8 Å². The van der Waals surface area contributed by atoms with Gasteiger partial charge in [-0.2, -0.15) is 0 Å². The van der Waals surface area contributed by atoms with Crippen molar-refractivity contribution in [1.82, 2.24) is 14.7 Å². The van der Waals surface area contributed by atoms with E-state index in [1.165, 1.54) is 12.1 Å². The number of hydrogen-bond acceptors (Lipinski definition) is 9. The van der Waals surface area contributed by atoms with E-state index in [0.717, 1.165) is 17.4 Å². The van der Waals surface area contributed by atoms with E-state index in [-0.39, 0.29) is 30.5 Å². The third kappa shape index (κ3) is 5.34. The van der Waals surface area contributed by atoms with Crippen LogP contribution in [0.2, 0.25) is 0 Å². The number of amides is 1. The van der Waals surface area contributed by atoms with E-state index in [0.29, 0.717) is 36.0 Å². The molecule has 1 amide bonds. The average Bonchev–Trinajstić information content (AvgIpc) is 2.89. The first-order valence-corrected chi connectivity index (χ1v) is 14.6. The number of ether oxygens (including phenoxy) is 1. The second-order valence-corrected chi connectivity index (χ2v) is 11.7. The summed E-state index contributed by atoms with van der Waals surface area (Å²) >= 11 is 0. The Balaban J connectivity index is 1.50. The van der Waals surface area contributed by atoms with Crippen LogP contribution in [0.25, 0.3) is 11.4 Å². The van der Waals surface area contributed by atoms with Gasteiger partial charge in [-0.1, -0.05) is 30.3 Å². The highest BCUT2D eigenvalue weighted by atomic mass is 32.2. The van der Waals surface area contributed by atoms with Crippen molar-refractivity contribution in [3.05, 3.63) is 65.9 Å². The number of carbonyl (C=O) groups excluding carboxylic acids is 1. The van der Waals surface area contributed by atoms with Crippen LogP contribution in [0.1, 0.15) is 11.1 Å². The van der Waals surface area contributed by atoms with Crippen molar-refractivity contribution >= 4 is 38.1 Å². The quantitative estimate of drug-likeness (QED) is 0.417. The van der Waals surface area contributed by atoms with E-state index in [1.54, 1.807) is 35.4 Å². The number of aromatic nitrogens is 2. The molecule has 0 bridgehead atoms. The second kappa shape index (κ2) is 10.2. The molecule has 1 aromatic heterocycles. The average molecular weight is 544 g/mol. The van der Waals surface area contributed by atoms with E-state index in [4.69, 9.17) is 9.72 Å². The SMILES string of the molecule is CS(=O)(=O)c1ccc(CN2C(=O)C3COCCN3c3nc(-c4cccc(CN[SH](=O)=O)c4)ncc32)cc1. The minimum absolute atomic E-state index is 0.143. The summed E-state index contributed by atoms with van der Waals surface area (Å²) in [5.41, 5.74) is 2.79. The maximum atomic E-state index is 13.5. The number of hydrogen-bond donors (Lipinski definition) is 2. The third-order valence-electron chi connectivity index (χ3n) is 6.28. The maximum absolute atomic E-state index is 13.5. The van der Waals surface area contributed by atoms with E-state index < -0.39 is 26.8 Å². The van der Waals surface area contributed by atoms with E-state index >= 15 is 0 Å². The van der Waals surface area contributed by atoms with Gasteiger partial charge in [-0.3, -0.25) is 4.79 Å². The standard InChI is InChI=1S/C24H25N5O6S2/c1-37(33,34)19-7-5-16(6-8-19)14-29-20-13-25-22(18-4-2-3-17(11-18)12-26-36(31)32)27-23(20)28-9-10-35-15-21(28)24(29)30/h2-8,11,13,21,36H,9-10,12,14-15H2,1H3,(H,26,31,32). The molecule has 0 radical (unpaired) electrons. The van der Waals surface area contributed by atoms with Crippen LogP contribution in [0.3, 0.4) is 0 Å². The number of thiol groups is 1. The number of nitrogens with one attached hydrogen (secondary N) is 1. The molecule has 1 saturated heterocycles. The minimum atomic E-state index is -3.33. The summed E-state index contributed by atoms with van der Waals surface area (Å²) in [4.78, 5) is 26.6. The highest BCUT2D eigenvalue weighted by Gasteiger charge is 2.41. The minimum Gasteiger partial charge on any atom is -0.377 e. The molecule has 2 aliphatic rings. The molecule has 2 aromatic carbocycles. The Labute approximate surface area is 216 Å². The van der Waals surface area contributed by atoms with Gasteiger partial charge in [-0.05, 0) is 29.3 Å². The number of carbonyl (C=O) groups is 1. The van der Waals surface area contributed by atoms with Crippen molar-refractivity contribution in [1.29, 1.82) is 0 Å². The van der Waals surface area contributed by atoms with Gasteiger partial charge < -0.3 is 14.5 Å². The Hall–Kier alpha value is -3.39. The molecule has 1 unspecified atom stereocenters. The van der Waals surface area contributed by atoms with Crippen molar-refractivity contribution in [2.45, 2.75) is 24.0 Å². The molecule has 194 valence electrons. The van der Waals surface area contributed by atoms with Gasteiger partial charge in [-0.25, -0.2) is 31.5 Å². The fourth-order valence-corrected chi connectivity index (χ4v) is 5.37. The van der Waals surface area contributed by atoms with Gasteiger partial charge in [0.2, 0.25) is 10.9 Å². The Kier molecular flexibility index (Phi) is 6.94. The molecule has 3 heterocycles. The Bertz CT molecular complexity index is 1520. The number of anilines is 2. The molecule has 5 rings (SSSR count). The molecule has 1 N–H and O–H groups in total. The summed E-state index contributed by atoms with van der Waals surface area (Å²) in [5.74, 6) is 0.913. The largest absolute Gasteiger partial charge is 0.377 e. The second-order valence-electron chi connectivity index (χ2n) is 8.82. The highest BCUT2D eigenvalue weighted by molar-refractivity contribution is 7.90. The fraction of sp³-hybridized carbons (Fsp3) is 0.292. The summed E-state index contributed by atoms with van der Waals surface area (Å²) in [6.45, 7) is 1.57. The van der Waals surface area contributed by atoms with Gasteiger partial charge in [0.25, 0.3) is 5.91 Å². The third-order valence-corrected chi connectivity index (χ3v) is 7.83. The fourth-order valence-electron chi connectivity index (χ4n) is 4.43. The summed E-state index contributed by atoms with van der Waals surface area (Å²) in [6, 6.07) is 13.2. The van der Waals surface area contributed by atoms with Crippen molar-refractivity contribution in [2.24, 2.45) is 0 Å². The molecule has 11 nitrogen and oxygen atoms in total. The Morgan fingerprint density at radius 2 is 1.92 bits per heavy atom. The van der Waals surface area contributed by atoms with Crippen LogP contribution in [0.4, 0.5) is 11.5 Å². The predicted molar refractivity (Wildman–Crippen MR) is 137 cm³/mol. The van der Waals surface area contributed by atoms with Gasteiger partial charge in [0, 0.05) is 24.9 Å². The molecule has 0 spiro atoms. The molecule has 37 heavy (non-hydrogen) atoms. The lowest BCUT2D eigenvalue weighted by atomic mass is 10.1. The smallest absolute Gasteiger partial charge is 0.252 e. The van der Waals surface area contributed by atoms with E-state index in [1.807, 2.05) is 17.0 Å². The Morgan fingerprint density at radius 3 is 2.65 bits per heavy atom. The predicted octanol–water partition coefficient (Wildman–Crippen LogP) is 0.915. The van der Waals surface area contributed by atoms with Crippen LogP contribution in [-0.2, 0) is 43.3 Å². The van der Waals surface area contributed by atoms with Crippen LogP contribution in [0.15, 0.2) is 59.6 Å². The van der Waals surface area contributed by atoms with Crippen LogP contribution < -0.4 is 14.5 Å². The molecule has 0 saturated carbocycles. The first-order valence-electron chi connectivity index (χ1n) is 11.5. The molecule has 3 aromatic rings. The molecular weight excluding hydrogens is 518 g/mol. The summed E-state index contributed by atoms with van der Waals surface area (Å²) < 4.78 is 53.4. The highest BCUT2D eigenvalue weighted by Crippen LogP contribution is 2.37. The number of fused-ring (bicyclic) bond motifs is 3. The molecule has 2 aliphatic heterocycles. The van der Waals surface area contributed by atoms with Gasteiger partial charge in [0.1, 0.15) is 11.7 Å². The normalized spacial score (nSPS) is 17.6. The van der Waals surface area contributed by atoms with Gasteiger partial charge >= 0.3 is 0 Å². The number of nitrogens with zero attached hydrogens (tertiary/aromatic N) is 4. The molecule has 0 aliphatic carbocycles. The molecule has 1 atom stereocenters. The van der Waals surface area contributed by atoms with Crippen molar-refractivity contribution in [3.63, 3.8) is 0 Å². The molecular formula is C24H25N5O6S2. The van der Waals surface area contributed by atoms with Gasteiger partial charge in [0.15, 0.2) is 21.5 Å². The van der Waals surface area contributed by atoms with Crippen LogP contribution in [0, 0.1) is 0 Å². The number of benzene rings is 2. The number of sulfone groups is 1. The van der Waals surface area contributed by atoms with E-state index in [2.05, 4.69) is 9.71 Å². The molecule has 1 fully saturated rings. The number of rotatable bonds is 7. The zero-order chi connectivity index (χ0) is 26.2. The number of morpholine rings is 1. The zero-order valence-corrected chi connectivity index (χ0v) is 21.6. The van der Waals surface area contributed by atoms with Gasteiger partial charge in [0.05, 0.1) is 30.9 Å². The van der Waals surface area contributed by atoms with Crippen LogP contribution >= 0.6 is 0 Å². The summed E-state index contributed by atoms with van der Waals surface area (Å²) in [7, 11) is -6.04. The first-order chi connectivity index (χ1) is 17.7. The van der Waals surface area contributed by atoms with Gasteiger partial charge in [-0.15, -0.1) is 0 Å². The van der Waals surface area contributed by atoms with Crippen molar-refractivity contribution < 1.29 is 26.4 Å². The lowest BCUT2D eigenvalue weighted by molar-refractivity contribution is -0.122. The van der Waals surface area contributed by atoms with Crippen LogP contribution in [0.5, 0.6) is 0 Å². The van der Waals surface area contributed by atoms with Crippen molar-refractivity contribution in [2.75, 3.05) is 35.8 Å². The lowest BCUT2D eigenvalue weighted by Crippen LogP contribution is -2.58. The van der Waals surface area contributed by atoms with E-state index in [9.17, 15) is 21.6 Å². The monoisotopic (exact) mass is 543 g/mol. The topological polar surface area (TPSA) is 139 Å². The molecule has 13 heteroatoms. The zero-order valence-electron chi connectivity index (χ0n) is 19.9. The summed E-state index contributed by atoms with van der Waals surface area (Å²) in [6.07, 6.45) is 2.77. The first kappa shape index (κ1) is 25.3. The van der Waals surface area contributed by atoms with Crippen molar-refractivity contribution in [3.8, 4) is 11.4 Å². The Morgan fingerprint density at radius 1 is 1.14 bits per heavy atom. The maximum Gasteiger partial charge on any atom is 0.252 e. The summed E-state index contributed by atoms with van der Waals surface area (Å²) in [5, 5.41) is 0.